The Morgan fingerprint density at radius 1 is 0.852 bits per heavy atom. The Kier molecular flexibility index (Phi) is 5.52. The van der Waals surface area contributed by atoms with E-state index in [0.29, 0.717) is 27.5 Å². The standard InChI is InChI=1S/C21H16ClFN2O2/c1-13-11-16(22)9-10-19(13)25-21(27)15-7-5-14(6-8-15)20(26)24-18-4-2-3-17(23)12-18/h2-12H,1H3,(H,24,26)(H,25,27). The minimum Gasteiger partial charge on any atom is -0.322 e. The zero-order chi connectivity index (χ0) is 19.4. The normalized spacial score (nSPS) is 10.3. The van der Waals surface area contributed by atoms with E-state index in [1.807, 2.05) is 6.92 Å². The number of hydrogen-bond acceptors (Lipinski definition) is 2. The highest BCUT2D eigenvalue weighted by Gasteiger charge is 2.11. The minimum atomic E-state index is -0.433. The molecule has 27 heavy (non-hydrogen) atoms. The van der Waals surface area contributed by atoms with Gasteiger partial charge in [0.15, 0.2) is 0 Å². The van der Waals surface area contributed by atoms with Gasteiger partial charge >= 0.3 is 0 Å². The van der Waals surface area contributed by atoms with Gasteiger partial charge < -0.3 is 10.6 Å². The van der Waals surface area contributed by atoms with E-state index in [9.17, 15) is 14.0 Å². The van der Waals surface area contributed by atoms with E-state index in [-0.39, 0.29) is 11.8 Å². The van der Waals surface area contributed by atoms with E-state index in [1.54, 1.807) is 36.4 Å². The van der Waals surface area contributed by atoms with Crippen LogP contribution >= 0.6 is 11.6 Å². The first-order valence-corrected chi connectivity index (χ1v) is 8.54. The summed E-state index contributed by atoms with van der Waals surface area (Å²) < 4.78 is 13.2. The van der Waals surface area contributed by atoms with Crippen molar-refractivity contribution < 1.29 is 14.0 Å². The van der Waals surface area contributed by atoms with E-state index in [4.69, 9.17) is 11.6 Å². The number of anilines is 2. The number of aryl methyl sites for hydroxylation is 1. The van der Waals surface area contributed by atoms with Gasteiger partial charge in [-0.25, -0.2) is 4.39 Å². The smallest absolute Gasteiger partial charge is 0.255 e. The lowest BCUT2D eigenvalue weighted by atomic mass is 10.1. The molecule has 0 fully saturated rings. The predicted octanol–water partition coefficient (Wildman–Crippen LogP) is 5.29. The molecule has 0 bridgehead atoms. The van der Waals surface area contributed by atoms with Gasteiger partial charge in [-0.05, 0) is 73.2 Å². The SMILES string of the molecule is Cc1cc(Cl)ccc1NC(=O)c1ccc(C(=O)Nc2cccc(F)c2)cc1. The predicted molar refractivity (Wildman–Crippen MR) is 105 cm³/mol. The third kappa shape index (κ3) is 4.71. The number of carbonyl (C=O) groups excluding carboxylic acids is 2. The molecular formula is C21H16ClFN2O2. The monoisotopic (exact) mass is 382 g/mol. The lowest BCUT2D eigenvalue weighted by Crippen LogP contribution is -2.14. The quantitative estimate of drug-likeness (QED) is 0.644. The Hall–Kier alpha value is -3.18. The molecule has 3 rings (SSSR count). The molecule has 3 aromatic carbocycles. The number of benzene rings is 3. The lowest BCUT2D eigenvalue weighted by Gasteiger charge is -2.09. The first kappa shape index (κ1) is 18.6. The topological polar surface area (TPSA) is 58.2 Å². The van der Waals surface area contributed by atoms with Crippen LogP contribution in [0, 0.1) is 12.7 Å². The van der Waals surface area contributed by atoms with Crippen LogP contribution in [0.1, 0.15) is 26.3 Å². The molecule has 136 valence electrons. The molecule has 0 aliphatic carbocycles. The van der Waals surface area contributed by atoms with E-state index >= 15 is 0 Å². The number of halogens is 2. The van der Waals surface area contributed by atoms with E-state index < -0.39 is 5.82 Å². The summed E-state index contributed by atoms with van der Waals surface area (Å²) in [6.45, 7) is 1.85. The minimum absolute atomic E-state index is 0.294. The number of amides is 2. The first-order chi connectivity index (χ1) is 12.9. The molecule has 6 heteroatoms. The highest BCUT2D eigenvalue weighted by molar-refractivity contribution is 6.30. The molecule has 0 aliphatic rings. The Bertz CT molecular complexity index is 1000. The Balaban J connectivity index is 1.69. The molecule has 0 atom stereocenters. The fourth-order valence-corrected chi connectivity index (χ4v) is 2.73. The van der Waals surface area contributed by atoms with Crippen molar-refractivity contribution in [2.75, 3.05) is 10.6 Å². The molecular weight excluding hydrogens is 367 g/mol. The van der Waals surface area contributed by atoms with Crippen molar-refractivity contribution in [2.45, 2.75) is 6.92 Å². The summed E-state index contributed by atoms with van der Waals surface area (Å²) >= 11 is 5.91. The second kappa shape index (κ2) is 8.01. The number of hydrogen-bond donors (Lipinski definition) is 2. The van der Waals surface area contributed by atoms with E-state index in [1.165, 1.54) is 30.3 Å². The van der Waals surface area contributed by atoms with Crippen LogP contribution in [0.3, 0.4) is 0 Å². The summed E-state index contributed by atoms with van der Waals surface area (Å²) in [7, 11) is 0. The number of carbonyl (C=O) groups is 2. The summed E-state index contributed by atoms with van der Waals surface area (Å²) in [5, 5.41) is 6.01. The van der Waals surface area contributed by atoms with Crippen LogP contribution in [0.25, 0.3) is 0 Å². The van der Waals surface area contributed by atoms with Crippen LogP contribution < -0.4 is 10.6 Å². The van der Waals surface area contributed by atoms with Gasteiger partial charge in [0.05, 0.1) is 0 Å². The van der Waals surface area contributed by atoms with Crippen LogP contribution in [0.4, 0.5) is 15.8 Å². The van der Waals surface area contributed by atoms with Gasteiger partial charge in [0.1, 0.15) is 5.82 Å². The van der Waals surface area contributed by atoms with Gasteiger partial charge in [0, 0.05) is 27.5 Å². The maximum atomic E-state index is 13.2. The molecule has 0 saturated heterocycles. The van der Waals surface area contributed by atoms with Crippen LogP contribution in [0.15, 0.2) is 66.7 Å². The lowest BCUT2D eigenvalue weighted by molar-refractivity contribution is 0.101. The molecule has 2 N–H and O–H groups in total. The third-order valence-corrected chi connectivity index (χ3v) is 4.16. The van der Waals surface area contributed by atoms with Crippen LogP contribution in [-0.2, 0) is 0 Å². The van der Waals surface area contributed by atoms with Gasteiger partial charge in [-0.1, -0.05) is 17.7 Å². The highest BCUT2D eigenvalue weighted by atomic mass is 35.5. The average Bonchev–Trinajstić information content (AvgIpc) is 2.64. The van der Waals surface area contributed by atoms with Crippen molar-refractivity contribution >= 4 is 34.8 Å². The van der Waals surface area contributed by atoms with Crippen molar-refractivity contribution in [1.82, 2.24) is 0 Å². The zero-order valence-corrected chi connectivity index (χ0v) is 15.2. The number of nitrogens with one attached hydrogen (secondary N) is 2. The summed E-state index contributed by atoms with van der Waals surface area (Å²) in [6.07, 6.45) is 0. The molecule has 3 aromatic rings. The summed E-state index contributed by atoms with van der Waals surface area (Å²) in [6, 6.07) is 17.0. The van der Waals surface area contributed by atoms with Gasteiger partial charge in [-0.15, -0.1) is 0 Å². The molecule has 0 radical (unpaired) electrons. The van der Waals surface area contributed by atoms with Gasteiger partial charge in [0.25, 0.3) is 11.8 Å². The van der Waals surface area contributed by atoms with Crippen LogP contribution in [-0.4, -0.2) is 11.8 Å². The fraction of sp³-hybridized carbons (Fsp3) is 0.0476. The largest absolute Gasteiger partial charge is 0.322 e. The Morgan fingerprint density at radius 2 is 1.48 bits per heavy atom. The van der Waals surface area contributed by atoms with Crippen molar-refractivity contribution in [3.63, 3.8) is 0 Å². The molecule has 0 aromatic heterocycles. The summed E-state index contributed by atoms with van der Waals surface area (Å²) in [4.78, 5) is 24.6. The van der Waals surface area contributed by atoms with Gasteiger partial charge in [-0.3, -0.25) is 9.59 Å². The Morgan fingerprint density at radius 3 is 2.07 bits per heavy atom. The van der Waals surface area contributed by atoms with Crippen molar-refractivity contribution in [3.05, 3.63) is 94.3 Å². The molecule has 0 heterocycles. The highest BCUT2D eigenvalue weighted by Crippen LogP contribution is 2.20. The third-order valence-electron chi connectivity index (χ3n) is 3.93. The van der Waals surface area contributed by atoms with Gasteiger partial charge in [-0.2, -0.15) is 0 Å². The van der Waals surface area contributed by atoms with Crippen LogP contribution in [0.5, 0.6) is 0 Å². The van der Waals surface area contributed by atoms with Crippen molar-refractivity contribution in [2.24, 2.45) is 0 Å². The van der Waals surface area contributed by atoms with Gasteiger partial charge in [0.2, 0.25) is 0 Å². The van der Waals surface area contributed by atoms with E-state index in [2.05, 4.69) is 10.6 Å². The molecule has 0 saturated carbocycles. The molecule has 4 nitrogen and oxygen atoms in total. The maximum absolute atomic E-state index is 13.2. The zero-order valence-electron chi connectivity index (χ0n) is 14.4. The second-order valence-corrected chi connectivity index (χ2v) is 6.39. The maximum Gasteiger partial charge on any atom is 0.255 e. The molecule has 0 unspecified atom stereocenters. The second-order valence-electron chi connectivity index (χ2n) is 5.96. The first-order valence-electron chi connectivity index (χ1n) is 8.17. The summed E-state index contributed by atoms with van der Waals surface area (Å²) in [5.74, 6) is -1.11. The van der Waals surface area contributed by atoms with E-state index in [0.717, 1.165) is 5.56 Å². The molecule has 0 spiro atoms. The average molecular weight is 383 g/mol. The molecule has 2 amide bonds. The van der Waals surface area contributed by atoms with Crippen molar-refractivity contribution in [1.29, 1.82) is 0 Å². The van der Waals surface area contributed by atoms with Crippen molar-refractivity contribution in [3.8, 4) is 0 Å². The van der Waals surface area contributed by atoms with Crippen LogP contribution in [0.2, 0.25) is 5.02 Å². The fourth-order valence-electron chi connectivity index (χ4n) is 2.50. The molecule has 0 aliphatic heterocycles. The number of rotatable bonds is 4. The Labute approximate surface area is 161 Å². The summed E-state index contributed by atoms with van der Waals surface area (Å²) in [5.41, 5.74) is 2.64.